The number of anilines is 1. The molecule has 33 heavy (non-hydrogen) atoms. The lowest BCUT2D eigenvalue weighted by Crippen LogP contribution is -2.54. The molecule has 1 aromatic heterocycles. The summed E-state index contributed by atoms with van der Waals surface area (Å²) in [5, 5.41) is 13.8. The Morgan fingerprint density at radius 1 is 1.00 bits per heavy atom. The Labute approximate surface area is 195 Å². The first-order valence-corrected chi connectivity index (χ1v) is 10.5. The third-order valence-electron chi connectivity index (χ3n) is 5.46. The van der Waals surface area contributed by atoms with Crippen LogP contribution in [-0.4, -0.2) is 26.4 Å². The summed E-state index contributed by atoms with van der Waals surface area (Å²) in [4.78, 5) is 37.9. The van der Waals surface area contributed by atoms with Crippen LogP contribution in [0.2, 0.25) is 0 Å². The van der Waals surface area contributed by atoms with Crippen LogP contribution in [0.1, 0.15) is 22.5 Å². The van der Waals surface area contributed by atoms with E-state index in [-0.39, 0.29) is 16.4 Å². The topological polar surface area (TPSA) is 97.5 Å². The van der Waals surface area contributed by atoms with Crippen molar-refractivity contribution in [1.29, 1.82) is 0 Å². The van der Waals surface area contributed by atoms with Crippen molar-refractivity contribution < 1.29 is 14.5 Å². The number of amides is 2. The minimum Gasteiger partial charge on any atom is -0.318 e. The molecule has 0 bridgehead atoms. The number of carbonyl (C=O) groups excluding carboxylic acids is 2. The third-order valence-corrected chi connectivity index (χ3v) is 5.75. The SMILES string of the molecule is Cc1ccc(N2C(=O)C(=Cc3cc(C)n(-c4cccc([N+](=O)[O-])c4)c3C)C(=O)NC2=S)cc1. The van der Waals surface area contributed by atoms with Crippen LogP contribution >= 0.6 is 12.2 Å². The van der Waals surface area contributed by atoms with Crippen molar-refractivity contribution in [2.45, 2.75) is 20.8 Å². The fourth-order valence-electron chi connectivity index (χ4n) is 3.82. The standard InChI is InChI=1S/C24H20N4O4S/c1-14-7-9-18(10-8-14)27-23(30)21(22(29)25-24(27)33)12-17-11-15(2)26(16(17)3)19-5-4-6-20(13-19)28(31)32/h4-13H,1-3H3,(H,25,29,33). The average Bonchev–Trinajstić information content (AvgIpc) is 3.05. The van der Waals surface area contributed by atoms with Gasteiger partial charge >= 0.3 is 0 Å². The fraction of sp³-hybridized carbons (Fsp3) is 0.125. The van der Waals surface area contributed by atoms with Gasteiger partial charge in [-0.25, -0.2) is 0 Å². The maximum absolute atomic E-state index is 13.3. The maximum Gasteiger partial charge on any atom is 0.271 e. The fourth-order valence-corrected chi connectivity index (χ4v) is 4.10. The summed E-state index contributed by atoms with van der Waals surface area (Å²) >= 11 is 5.25. The van der Waals surface area contributed by atoms with Gasteiger partial charge in [-0.05, 0) is 68.9 Å². The summed E-state index contributed by atoms with van der Waals surface area (Å²) in [6, 6.07) is 15.4. The maximum atomic E-state index is 13.3. The van der Waals surface area contributed by atoms with Gasteiger partial charge in [0.2, 0.25) is 0 Å². The Hall–Kier alpha value is -4.11. The van der Waals surface area contributed by atoms with Gasteiger partial charge < -0.3 is 4.57 Å². The molecule has 0 atom stereocenters. The lowest BCUT2D eigenvalue weighted by Gasteiger charge is -2.29. The van der Waals surface area contributed by atoms with E-state index in [1.54, 1.807) is 24.3 Å². The van der Waals surface area contributed by atoms with Crippen LogP contribution in [0, 0.1) is 30.9 Å². The number of hydrogen-bond acceptors (Lipinski definition) is 5. The molecule has 0 radical (unpaired) electrons. The van der Waals surface area contributed by atoms with E-state index in [1.807, 2.05) is 43.5 Å². The second-order valence-electron chi connectivity index (χ2n) is 7.73. The number of rotatable bonds is 4. The second-order valence-corrected chi connectivity index (χ2v) is 8.12. The van der Waals surface area contributed by atoms with Crippen LogP contribution in [0.4, 0.5) is 11.4 Å². The Balaban J connectivity index is 1.76. The number of benzene rings is 2. The van der Waals surface area contributed by atoms with Crippen molar-refractivity contribution in [3.05, 3.63) is 92.8 Å². The van der Waals surface area contributed by atoms with Crippen molar-refractivity contribution in [2.75, 3.05) is 4.90 Å². The van der Waals surface area contributed by atoms with Crippen molar-refractivity contribution in [2.24, 2.45) is 0 Å². The molecule has 0 unspecified atom stereocenters. The van der Waals surface area contributed by atoms with E-state index in [0.29, 0.717) is 16.9 Å². The molecular formula is C24H20N4O4S. The van der Waals surface area contributed by atoms with Crippen molar-refractivity contribution >= 4 is 46.6 Å². The molecule has 8 nitrogen and oxygen atoms in total. The zero-order valence-electron chi connectivity index (χ0n) is 18.2. The average molecular weight is 461 g/mol. The van der Waals surface area contributed by atoms with Gasteiger partial charge in [0, 0.05) is 23.5 Å². The number of thiocarbonyl (C=S) groups is 1. The number of non-ortho nitro benzene ring substituents is 1. The molecule has 3 aromatic rings. The number of nitro groups is 1. The zero-order chi connectivity index (χ0) is 23.9. The number of nitrogens with zero attached hydrogens (tertiary/aromatic N) is 3. The van der Waals surface area contributed by atoms with Crippen LogP contribution < -0.4 is 10.2 Å². The van der Waals surface area contributed by atoms with Crippen molar-refractivity contribution in [1.82, 2.24) is 9.88 Å². The largest absolute Gasteiger partial charge is 0.318 e. The lowest BCUT2D eigenvalue weighted by atomic mass is 10.1. The Kier molecular flexibility index (Phi) is 5.65. The molecule has 9 heteroatoms. The lowest BCUT2D eigenvalue weighted by molar-refractivity contribution is -0.384. The molecule has 1 saturated heterocycles. The minimum atomic E-state index is -0.575. The molecule has 1 N–H and O–H groups in total. The van der Waals surface area contributed by atoms with E-state index in [4.69, 9.17) is 12.2 Å². The Morgan fingerprint density at radius 3 is 2.36 bits per heavy atom. The molecule has 2 heterocycles. The van der Waals surface area contributed by atoms with Crippen molar-refractivity contribution in [3.63, 3.8) is 0 Å². The highest BCUT2D eigenvalue weighted by atomic mass is 32.1. The summed E-state index contributed by atoms with van der Waals surface area (Å²) in [5.41, 5.74) is 4.31. The number of aryl methyl sites for hydroxylation is 2. The number of nitrogens with one attached hydrogen (secondary N) is 1. The van der Waals surface area contributed by atoms with Gasteiger partial charge in [0.1, 0.15) is 5.57 Å². The molecular weight excluding hydrogens is 440 g/mol. The number of nitro benzene ring substituents is 1. The predicted octanol–water partition coefficient (Wildman–Crippen LogP) is 4.14. The second kappa shape index (κ2) is 8.44. The molecule has 0 saturated carbocycles. The van der Waals surface area contributed by atoms with E-state index in [2.05, 4.69) is 5.32 Å². The summed E-state index contributed by atoms with van der Waals surface area (Å²) in [5.74, 6) is -1.10. The Morgan fingerprint density at radius 2 is 1.70 bits per heavy atom. The number of hydrogen-bond donors (Lipinski definition) is 1. The molecule has 1 aliphatic rings. The van der Waals surface area contributed by atoms with Gasteiger partial charge in [-0.2, -0.15) is 0 Å². The number of aromatic nitrogens is 1. The molecule has 0 aliphatic carbocycles. The highest BCUT2D eigenvalue weighted by molar-refractivity contribution is 7.80. The van der Waals surface area contributed by atoms with Gasteiger partial charge in [-0.1, -0.05) is 23.8 Å². The first-order valence-electron chi connectivity index (χ1n) is 10.1. The number of carbonyl (C=O) groups is 2. The summed E-state index contributed by atoms with van der Waals surface area (Å²) in [6.45, 7) is 5.61. The quantitative estimate of drug-likeness (QED) is 0.207. The summed E-state index contributed by atoms with van der Waals surface area (Å²) < 4.78 is 1.84. The van der Waals surface area contributed by atoms with Crippen LogP contribution in [0.15, 0.2) is 60.2 Å². The Bertz CT molecular complexity index is 1360. The van der Waals surface area contributed by atoms with Crippen LogP contribution in [0.3, 0.4) is 0 Å². The molecule has 0 spiro atoms. The van der Waals surface area contributed by atoms with E-state index in [9.17, 15) is 19.7 Å². The normalized spacial score (nSPS) is 15.2. The van der Waals surface area contributed by atoms with Crippen LogP contribution in [-0.2, 0) is 9.59 Å². The summed E-state index contributed by atoms with van der Waals surface area (Å²) in [6.07, 6.45) is 1.52. The van der Waals surface area contributed by atoms with Crippen LogP contribution in [0.5, 0.6) is 0 Å². The first-order chi connectivity index (χ1) is 15.7. The predicted molar refractivity (Wildman–Crippen MR) is 129 cm³/mol. The highest BCUT2D eigenvalue weighted by Gasteiger charge is 2.34. The molecule has 2 amide bonds. The zero-order valence-corrected chi connectivity index (χ0v) is 19.0. The monoisotopic (exact) mass is 460 g/mol. The molecule has 2 aromatic carbocycles. The van der Waals surface area contributed by atoms with Gasteiger partial charge in [0.25, 0.3) is 17.5 Å². The van der Waals surface area contributed by atoms with Gasteiger partial charge in [0.05, 0.1) is 16.3 Å². The minimum absolute atomic E-state index is 0.0214. The molecule has 4 rings (SSSR count). The molecule has 1 aliphatic heterocycles. The van der Waals surface area contributed by atoms with Crippen LogP contribution in [0.25, 0.3) is 11.8 Å². The van der Waals surface area contributed by atoms with E-state index >= 15 is 0 Å². The van der Waals surface area contributed by atoms with Crippen molar-refractivity contribution in [3.8, 4) is 5.69 Å². The van der Waals surface area contributed by atoms with Gasteiger partial charge in [0.15, 0.2) is 5.11 Å². The van der Waals surface area contributed by atoms with E-state index in [1.165, 1.54) is 23.1 Å². The van der Waals surface area contributed by atoms with E-state index < -0.39 is 16.7 Å². The molecule has 1 fully saturated rings. The van der Waals surface area contributed by atoms with Gasteiger partial charge in [-0.3, -0.25) is 29.9 Å². The smallest absolute Gasteiger partial charge is 0.271 e. The summed E-state index contributed by atoms with van der Waals surface area (Å²) in [7, 11) is 0. The van der Waals surface area contributed by atoms with Gasteiger partial charge in [-0.15, -0.1) is 0 Å². The molecule has 166 valence electrons. The highest BCUT2D eigenvalue weighted by Crippen LogP contribution is 2.27. The van der Waals surface area contributed by atoms with E-state index in [0.717, 1.165) is 17.0 Å². The first kappa shape index (κ1) is 22.1. The third kappa shape index (κ3) is 4.06.